The topological polar surface area (TPSA) is 93.5 Å². The number of nitrogens with one attached hydrogen (secondary N) is 1. The second-order valence-electron chi connectivity index (χ2n) is 7.26. The Balaban J connectivity index is 1.74. The summed E-state index contributed by atoms with van der Waals surface area (Å²) in [4.78, 5) is 43.3. The highest BCUT2D eigenvalue weighted by molar-refractivity contribution is 6.39. The van der Waals surface area contributed by atoms with Crippen LogP contribution in [0, 0.1) is 13.8 Å². The third kappa shape index (κ3) is 3.78. The van der Waals surface area contributed by atoms with Crippen molar-refractivity contribution < 1.29 is 19.1 Å². The van der Waals surface area contributed by atoms with Crippen molar-refractivity contribution in [3.63, 3.8) is 0 Å². The largest absolute Gasteiger partial charge is 0.494 e. The second-order valence-corrected chi connectivity index (χ2v) is 7.26. The first-order valence-corrected chi connectivity index (χ1v) is 10.1. The molecule has 1 fully saturated rings. The SMILES string of the molecule is CCOc1cccc(N2C(=O)NC(=O)/C(=C/c3cc(C)n(-c4cccnc4)c3C)C2=O)c1. The van der Waals surface area contributed by atoms with Gasteiger partial charge in [-0.15, -0.1) is 0 Å². The highest BCUT2D eigenvalue weighted by atomic mass is 16.5. The summed E-state index contributed by atoms with van der Waals surface area (Å²) < 4.78 is 7.45. The molecule has 0 radical (unpaired) electrons. The van der Waals surface area contributed by atoms with Crippen molar-refractivity contribution in [3.05, 3.63) is 77.4 Å². The number of anilines is 1. The van der Waals surface area contributed by atoms with Crippen LogP contribution in [-0.4, -0.2) is 34.0 Å². The van der Waals surface area contributed by atoms with E-state index in [1.807, 2.05) is 43.5 Å². The molecule has 1 N–H and O–H groups in total. The Morgan fingerprint density at radius 1 is 1.06 bits per heavy atom. The van der Waals surface area contributed by atoms with Gasteiger partial charge in [-0.3, -0.25) is 19.9 Å². The molecule has 32 heavy (non-hydrogen) atoms. The fourth-order valence-corrected chi connectivity index (χ4v) is 3.74. The first-order chi connectivity index (χ1) is 15.4. The number of nitrogens with zero attached hydrogens (tertiary/aromatic N) is 3. The zero-order chi connectivity index (χ0) is 22.8. The van der Waals surface area contributed by atoms with Gasteiger partial charge in [-0.25, -0.2) is 9.69 Å². The summed E-state index contributed by atoms with van der Waals surface area (Å²) in [7, 11) is 0. The van der Waals surface area contributed by atoms with Crippen molar-refractivity contribution in [2.45, 2.75) is 20.8 Å². The molecule has 0 unspecified atom stereocenters. The molecule has 8 nitrogen and oxygen atoms in total. The van der Waals surface area contributed by atoms with Crippen LogP contribution in [0.3, 0.4) is 0 Å². The summed E-state index contributed by atoms with van der Waals surface area (Å²) >= 11 is 0. The lowest BCUT2D eigenvalue weighted by Crippen LogP contribution is -2.54. The van der Waals surface area contributed by atoms with Gasteiger partial charge in [-0.2, -0.15) is 0 Å². The molecule has 0 bridgehead atoms. The number of imide groups is 2. The number of benzene rings is 1. The van der Waals surface area contributed by atoms with Crippen molar-refractivity contribution in [1.29, 1.82) is 0 Å². The van der Waals surface area contributed by atoms with Gasteiger partial charge in [0, 0.05) is 23.7 Å². The maximum absolute atomic E-state index is 13.2. The number of barbiturate groups is 1. The van der Waals surface area contributed by atoms with Crippen LogP contribution >= 0.6 is 0 Å². The number of carbonyl (C=O) groups excluding carboxylic acids is 3. The van der Waals surface area contributed by atoms with Gasteiger partial charge in [-0.1, -0.05) is 6.07 Å². The van der Waals surface area contributed by atoms with Crippen LogP contribution in [0.5, 0.6) is 5.75 Å². The maximum atomic E-state index is 13.2. The third-order valence-electron chi connectivity index (χ3n) is 5.16. The molecule has 162 valence electrons. The average molecular weight is 430 g/mol. The standard InChI is InChI=1S/C24H22N4O4/c1-4-32-20-9-5-7-18(13-20)28-23(30)21(22(29)26-24(28)31)12-17-11-15(2)27(16(17)3)19-8-6-10-25-14-19/h5-14H,4H2,1-3H3,(H,26,29,31)/b21-12-. The molecule has 1 saturated heterocycles. The van der Waals surface area contributed by atoms with Crippen LogP contribution in [0.15, 0.2) is 60.4 Å². The molecular formula is C24H22N4O4. The molecule has 4 amide bonds. The lowest BCUT2D eigenvalue weighted by molar-refractivity contribution is -0.122. The number of aryl methyl sites for hydroxylation is 1. The van der Waals surface area contributed by atoms with Crippen LogP contribution in [-0.2, 0) is 9.59 Å². The molecule has 4 rings (SSSR count). The normalized spacial score (nSPS) is 15.3. The first kappa shape index (κ1) is 21.0. The maximum Gasteiger partial charge on any atom is 0.335 e. The molecule has 3 heterocycles. The summed E-state index contributed by atoms with van der Waals surface area (Å²) in [5.41, 5.74) is 3.52. The molecule has 8 heteroatoms. The van der Waals surface area contributed by atoms with E-state index in [1.54, 1.807) is 36.7 Å². The summed E-state index contributed by atoms with van der Waals surface area (Å²) in [5.74, 6) is -0.907. The van der Waals surface area contributed by atoms with Gasteiger partial charge in [-0.05, 0) is 62.7 Å². The van der Waals surface area contributed by atoms with Crippen molar-refractivity contribution >= 4 is 29.6 Å². The Hall–Kier alpha value is -4.20. The van der Waals surface area contributed by atoms with E-state index in [0.29, 0.717) is 23.6 Å². The fourth-order valence-electron chi connectivity index (χ4n) is 3.74. The van der Waals surface area contributed by atoms with Crippen LogP contribution in [0.1, 0.15) is 23.9 Å². The van der Waals surface area contributed by atoms with Gasteiger partial charge in [0.15, 0.2) is 0 Å². The highest BCUT2D eigenvalue weighted by Gasteiger charge is 2.37. The Kier molecular flexibility index (Phi) is 5.59. The predicted molar refractivity (Wildman–Crippen MR) is 120 cm³/mol. The van der Waals surface area contributed by atoms with E-state index in [4.69, 9.17) is 4.74 Å². The number of aromatic nitrogens is 2. The van der Waals surface area contributed by atoms with E-state index in [9.17, 15) is 14.4 Å². The van der Waals surface area contributed by atoms with Gasteiger partial charge < -0.3 is 9.30 Å². The van der Waals surface area contributed by atoms with Gasteiger partial charge in [0.2, 0.25) is 0 Å². The van der Waals surface area contributed by atoms with Crippen LogP contribution in [0.2, 0.25) is 0 Å². The lowest BCUT2D eigenvalue weighted by atomic mass is 10.1. The number of hydrogen-bond acceptors (Lipinski definition) is 5. The van der Waals surface area contributed by atoms with Gasteiger partial charge in [0.25, 0.3) is 11.8 Å². The van der Waals surface area contributed by atoms with Gasteiger partial charge in [0.05, 0.1) is 24.2 Å². The summed E-state index contributed by atoms with van der Waals surface area (Å²) in [6.45, 7) is 6.11. The van der Waals surface area contributed by atoms with E-state index < -0.39 is 17.8 Å². The monoisotopic (exact) mass is 430 g/mol. The molecule has 0 saturated carbocycles. The second kappa shape index (κ2) is 8.50. The minimum atomic E-state index is -0.799. The van der Waals surface area contributed by atoms with Crippen LogP contribution in [0.4, 0.5) is 10.5 Å². The Morgan fingerprint density at radius 3 is 2.56 bits per heavy atom. The van der Waals surface area contributed by atoms with Crippen LogP contribution < -0.4 is 15.0 Å². The molecule has 1 aromatic carbocycles. The number of pyridine rings is 1. The summed E-state index contributed by atoms with van der Waals surface area (Å²) in [6, 6.07) is 11.5. The minimum Gasteiger partial charge on any atom is -0.494 e. The van der Waals surface area contributed by atoms with E-state index in [1.165, 1.54) is 6.08 Å². The highest BCUT2D eigenvalue weighted by Crippen LogP contribution is 2.27. The Labute approximate surface area is 185 Å². The molecule has 0 atom stereocenters. The Morgan fingerprint density at radius 2 is 1.84 bits per heavy atom. The summed E-state index contributed by atoms with van der Waals surface area (Å²) in [6.07, 6.45) is 4.94. The number of amides is 4. The van der Waals surface area contributed by atoms with Crippen molar-refractivity contribution in [3.8, 4) is 11.4 Å². The van der Waals surface area contributed by atoms with Crippen molar-refractivity contribution in [1.82, 2.24) is 14.9 Å². The van der Waals surface area contributed by atoms with Gasteiger partial charge in [0.1, 0.15) is 11.3 Å². The first-order valence-electron chi connectivity index (χ1n) is 10.1. The smallest absolute Gasteiger partial charge is 0.335 e. The van der Waals surface area contributed by atoms with E-state index in [-0.39, 0.29) is 5.57 Å². The number of ether oxygens (including phenoxy) is 1. The number of hydrogen-bond donors (Lipinski definition) is 1. The van der Waals surface area contributed by atoms with Crippen molar-refractivity contribution in [2.24, 2.45) is 0 Å². The average Bonchev–Trinajstić information content (AvgIpc) is 3.05. The molecule has 0 aliphatic carbocycles. The molecular weight excluding hydrogens is 408 g/mol. The molecule has 1 aliphatic heterocycles. The number of rotatable bonds is 5. The van der Waals surface area contributed by atoms with Crippen molar-refractivity contribution in [2.75, 3.05) is 11.5 Å². The Bertz CT molecular complexity index is 1240. The van der Waals surface area contributed by atoms with Gasteiger partial charge >= 0.3 is 6.03 Å². The van der Waals surface area contributed by atoms with E-state index in [0.717, 1.165) is 22.0 Å². The molecule has 0 spiro atoms. The predicted octanol–water partition coefficient (Wildman–Crippen LogP) is 3.55. The lowest BCUT2D eigenvalue weighted by Gasteiger charge is -2.26. The molecule has 3 aromatic rings. The molecule has 1 aliphatic rings. The van der Waals surface area contributed by atoms with Crippen LogP contribution in [0.25, 0.3) is 11.8 Å². The van der Waals surface area contributed by atoms with E-state index >= 15 is 0 Å². The summed E-state index contributed by atoms with van der Waals surface area (Å²) in [5, 5.41) is 2.25. The number of urea groups is 1. The number of carbonyl (C=O) groups is 3. The zero-order valence-corrected chi connectivity index (χ0v) is 18.0. The molecule has 2 aromatic heterocycles. The minimum absolute atomic E-state index is 0.127. The third-order valence-corrected chi connectivity index (χ3v) is 5.16. The zero-order valence-electron chi connectivity index (χ0n) is 18.0. The fraction of sp³-hybridized carbons (Fsp3) is 0.167. The quantitative estimate of drug-likeness (QED) is 0.494. The van der Waals surface area contributed by atoms with E-state index in [2.05, 4.69) is 10.3 Å².